The zero-order valence-corrected chi connectivity index (χ0v) is 14.8. The van der Waals surface area contributed by atoms with Crippen LogP contribution in [0.4, 0.5) is 4.79 Å². The quantitative estimate of drug-likeness (QED) is 0.722. The van der Waals surface area contributed by atoms with Crippen molar-refractivity contribution >= 4 is 18.0 Å². The van der Waals surface area contributed by atoms with Gasteiger partial charge in [-0.2, -0.15) is 0 Å². The molecule has 3 rings (SSSR count). The van der Waals surface area contributed by atoms with Gasteiger partial charge in [0.1, 0.15) is 12.1 Å². The molecule has 0 unspecified atom stereocenters. The van der Waals surface area contributed by atoms with Crippen molar-refractivity contribution in [3.05, 3.63) is 59.7 Å². The van der Waals surface area contributed by atoms with Gasteiger partial charge in [-0.25, -0.2) is 9.59 Å². The van der Waals surface area contributed by atoms with Gasteiger partial charge in [-0.15, -0.1) is 0 Å². The molecule has 27 heavy (non-hydrogen) atoms. The third-order valence-corrected chi connectivity index (χ3v) is 4.72. The van der Waals surface area contributed by atoms with Crippen LogP contribution >= 0.6 is 0 Å². The first-order chi connectivity index (χ1) is 12.8. The predicted octanol–water partition coefficient (Wildman–Crippen LogP) is 2.24. The predicted molar refractivity (Wildman–Crippen MR) is 98.1 cm³/mol. The normalized spacial score (nSPS) is 14.6. The van der Waals surface area contributed by atoms with Gasteiger partial charge in [0.2, 0.25) is 5.91 Å². The molecule has 4 N–H and O–H groups in total. The van der Waals surface area contributed by atoms with Gasteiger partial charge in [0.25, 0.3) is 0 Å². The molecule has 0 bridgehead atoms. The number of carbonyl (C=O) groups excluding carboxylic acids is 2. The second-order valence-electron chi connectivity index (χ2n) is 6.73. The van der Waals surface area contributed by atoms with Crippen LogP contribution in [0.25, 0.3) is 11.1 Å². The number of nitrogens with two attached hydrogens (primary N) is 1. The molecule has 1 aliphatic rings. The van der Waals surface area contributed by atoms with Gasteiger partial charge in [-0.1, -0.05) is 48.5 Å². The summed E-state index contributed by atoms with van der Waals surface area (Å²) in [6, 6.07) is 15.7. The average molecular weight is 368 g/mol. The number of amides is 2. The maximum atomic E-state index is 12.2. The highest BCUT2D eigenvalue weighted by molar-refractivity contribution is 5.90. The number of aliphatic carboxylic acids is 1. The van der Waals surface area contributed by atoms with E-state index in [1.807, 2.05) is 48.5 Å². The van der Waals surface area contributed by atoms with Gasteiger partial charge in [0.05, 0.1) is 6.42 Å². The zero-order valence-electron chi connectivity index (χ0n) is 14.8. The number of alkyl carbamates (subject to hydrolysis) is 1. The number of hydrogen-bond acceptors (Lipinski definition) is 4. The summed E-state index contributed by atoms with van der Waals surface area (Å²) in [5.74, 6) is -2.34. The Bertz CT molecular complexity index is 865. The van der Waals surface area contributed by atoms with Crippen LogP contribution in [0.15, 0.2) is 48.5 Å². The summed E-state index contributed by atoms with van der Waals surface area (Å²) in [4.78, 5) is 34.7. The fourth-order valence-electron chi connectivity index (χ4n) is 3.38. The summed E-state index contributed by atoms with van der Waals surface area (Å²) in [6.45, 7) is 1.26. The Labute approximate surface area is 156 Å². The van der Waals surface area contributed by atoms with E-state index in [0.717, 1.165) is 22.3 Å². The molecule has 2 aromatic rings. The fourth-order valence-corrected chi connectivity index (χ4v) is 3.38. The number of carboxylic acid groups (broad SMARTS) is 1. The summed E-state index contributed by atoms with van der Waals surface area (Å²) in [6.07, 6.45) is -1.45. The van der Waals surface area contributed by atoms with E-state index in [2.05, 4.69) is 5.32 Å². The molecule has 0 aliphatic heterocycles. The number of benzene rings is 2. The highest BCUT2D eigenvalue weighted by Crippen LogP contribution is 2.44. The molecule has 0 heterocycles. The average Bonchev–Trinajstić information content (AvgIpc) is 2.93. The van der Waals surface area contributed by atoms with E-state index in [1.165, 1.54) is 6.92 Å². The van der Waals surface area contributed by atoms with Gasteiger partial charge < -0.3 is 20.9 Å². The molecule has 0 aromatic heterocycles. The second kappa shape index (κ2) is 7.11. The molecule has 7 heteroatoms. The number of carboxylic acids is 1. The van der Waals surface area contributed by atoms with Crippen molar-refractivity contribution in [2.75, 3.05) is 6.61 Å². The molecule has 2 aromatic carbocycles. The van der Waals surface area contributed by atoms with Crippen LogP contribution in [0.2, 0.25) is 0 Å². The second-order valence-corrected chi connectivity index (χ2v) is 6.73. The molecule has 0 radical (unpaired) electrons. The van der Waals surface area contributed by atoms with E-state index in [0.29, 0.717) is 0 Å². The summed E-state index contributed by atoms with van der Waals surface area (Å²) in [5, 5.41) is 11.5. The van der Waals surface area contributed by atoms with Gasteiger partial charge in [-0.3, -0.25) is 4.79 Å². The van der Waals surface area contributed by atoms with Crippen molar-refractivity contribution < 1.29 is 24.2 Å². The van der Waals surface area contributed by atoms with Gasteiger partial charge in [0.15, 0.2) is 0 Å². The SMILES string of the molecule is C[C@](CC(N)=O)(NC(=O)OCC1c2ccccc2-c2ccccc21)C(=O)O. The van der Waals surface area contributed by atoms with Crippen molar-refractivity contribution in [2.24, 2.45) is 5.73 Å². The zero-order chi connectivity index (χ0) is 19.6. The van der Waals surface area contributed by atoms with Crippen molar-refractivity contribution in [2.45, 2.75) is 24.8 Å². The van der Waals surface area contributed by atoms with E-state index >= 15 is 0 Å². The lowest BCUT2D eigenvalue weighted by Gasteiger charge is -2.25. The van der Waals surface area contributed by atoms with Crippen LogP contribution in [-0.4, -0.2) is 35.2 Å². The molecule has 0 saturated carbocycles. The molecular weight excluding hydrogens is 348 g/mol. The van der Waals surface area contributed by atoms with Crippen LogP contribution in [0.3, 0.4) is 0 Å². The van der Waals surface area contributed by atoms with Gasteiger partial charge >= 0.3 is 12.1 Å². The maximum Gasteiger partial charge on any atom is 0.408 e. The largest absolute Gasteiger partial charge is 0.479 e. The third kappa shape index (κ3) is 3.62. The first-order valence-electron chi connectivity index (χ1n) is 8.46. The summed E-state index contributed by atoms with van der Waals surface area (Å²) >= 11 is 0. The van der Waals surface area contributed by atoms with Crippen LogP contribution in [0, 0.1) is 0 Å². The number of carbonyl (C=O) groups is 3. The van der Waals surface area contributed by atoms with Crippen molar-refractivity contribution in [1.29, 1.82) is 0 Å². The van der Waals surface area contributed by atoms with E-state index in [1.54, 1.807) is 0 Å². The molecule has 7 nitrogen and oxygen atoms in total. The number of rotatable bonds is 6. The van der Waals surface area contributed by atoms with Crippen molar-refractivity contribution in [1.82, 2.24) is 5.32 Å². The molecule has 1 atom stereocenters. The number of hydrogen-bond donors (Lipinski definition) is 3. The topological polar surface area (TPSA) is 119 Å². The molecule has 0 saturated heterocycles. The Morgan fingerprint density at radius 3 is 2.07 bits per heavy atom. The summed E-state index contributed by atoms with van der Waals surface area (Å²) in [5.41, 5.74) is 7.52. The Kier molecular flexibility index (Phi) is 4.85. The fraction of sp³-hybridized carbons (Fsp3) is 0.250. The minimum Gasteiger partial charge on any atom is -0.479 e. The van der Waals surface area contributed by atoms with Crippen molar-refractivity contribution in [3.8, 4) is 11.1 Å². The molecule has 140 valence electrons. The van der Waals surface area contributed by atoms with E-state index in [-0.39, 0.29) is 12.5 Å². The molecule has 0 spiro atoms. The first-order valence-corrected chi connectivity index (χ1v) is 8.46. The monoisotopic (exact) mass is 368 g/mol. The lowest BCUT2D eigenvalue weighted by Crippen LogP contribution is -2.54. The van der Waals surface area contributed by atoms with Crippen LogP contribution < -0.4 is 11.1 Å². The number of nitrogens with one attached hydrogen (secondary N) is 1. The highest BCUT2D eigenvalue weighted by atomic mass is 16.5. The lowest BCUT2D eigenvalue weighted by molar-refractivity contribution is -0.146. The summed E-state index contributed by atoms with van der Waals surface area (Å²) < 4.78 is 5.30. The number of fused-ring (bicyclic) bond motifs is 3. The molecule has 1 aliphatic carbocycles. The van der Waals surface area contributed by atoms with Crippen LogP contribution in [-0.2, 0) is 14.3 Å². The standard InChI is InChI=1S/C20H20N2O5/c1-20(18(24)25,10-17(21)23)22-19(26)27-11-16-14-8-4-2-6-12(14)13-7-3-5-9-15(13)16/h2-9,16H,10-11H2,1H3,(H2,21,23)(H,22,26)(H,24,25)/t20-/m1/s1. The highest BCUT2D eigenvalue weighted by Gasteiger charge is 2.38. The Balaban J connectivity index is 1.74. The molecule has 2 amide bonds. The number of ether oxygens (including phenoxy) is 1. The van der Waals surface area contributed by atoms with Gasteiger partial charge in [-0.05, 0) is 29.2 Å². The van der Waals surface area contributed by atoms with Crippen LogP contribution in [0.5, 0.6) is 0 Å². The lowest BCUT2D eigenvalue weighted by atomic mass is 9.97. The molecular formula is C20H20N2O5. The van der Waals surface area contributed by atoms with Gasteiger partial charge in [0, 0.05) is 5.92 Å². The number of primary amides is 1. The van der Waals surface area contributed by atoms with E-state index in [9.17, 15) is 19.5 Å². The first kappa shape index (κ1) is 18.4. The Morgan fingerprint density at radius 2 is 1.59 bits per heavy atom. The van der Waals surface area contributed by atoms with Crippen LogP contribution in [0.1, 0.15) is 30.4 Å². The van der Waals surface area contributed by atoms with Crippen molar-refractivity contribution in [3.63, 3.8) is 0 Å². The minimum absolute atomic E-state index is 0.0477. The summed E-state index contributed by atoms with van der Waals surface area (Å²) in [7, 11) is 0. The van der Waals surface area contributed by atoms with E-state index in [4.69, 9.17) is 10.5 Å². The smallest absolute Gasteiger partial charge is 0.408 e. The minimum atomic E-state index is -1.82. The molecule has 0 fully saturated rings. The Hall–Kier alpha value is -3.35. The Morgan fingerprint density at radius 1 is 1.07 bits per heavy atom. The maximum absolute atomic E-state index is 12.2. The third-order valence-electron chi connectivity index (χ3n) is 4.72. The van der Waals surface area contributed by atoms with E-state index < -0.39 is 29.9 Å².